The fourth-order valence-corrected chi connectivity index (χ4v) is 4.75. The number of fused-ring (bicyclic) bond motifs is 1. The van der Waals surface area contributed by atoms with E-state index in [0.29, 0.717) is 17.1 Å². The minimum Gasteiger partial charge on any atom is -0.454 e. The van der Waals surface area contributed by atoms with Gasteiger partial charge in [-0.3, -0.25) is 9.69 Å². The second kappa shape index (κ2) is 7.03. The van der Waals surface area contributed by atoms with Gasteiger partial charge in [0.25, 0.3) is 5.91 Å². The van der Waals surface area contributed by atoms with Gasteiger partial charge in [0.1, 0.15) is 5.54 Å². The Morgan fingerprint density at radius 1 is 1.10 bits per heavy atom. The van der Waals surface area contributed by atoms with Gasteiger partial charge in [0.2, 0.25) is 6.79 Å². The molecule has 4 rings (SSSR count). The monoisotopic (exact) mass is 480 g/mol. The van der Waals surface area contributed by atoms with Crippen LogP contribution in [0.3, 0.4) is 0 Å². The largest absolute Gasteiger partial charge is 0.454 e. The number of sulfone groups is 1. The van der Waals surface area contributed by atoms with Crippen LogP contribution in [-0.2, 0) is 20.2 Å². The first-order chi connectivity index (χ1) is 13.7. The van der Waals surface area contributed by atoms with Gasteiger partial charge in [-0.25, -0.2) is 13.2 Å². The Balaban J connectivity index is 1.53. The summed E-state index contributed by atoms with van der Waals surface area (Å²) >= 11 is 3.26. The molecule has 0 aliphatic carbocycles. The molecule has 29 heavy (non-hydrogen) atoms. The first-order valence-corrected chi connectivity index (χ1v) is 11.2. The molecule has 0 spiro atoms. The zero-order valence-corrected chi connectivity index (χ0v) is 17.7. The van der Waals surface area contributed by atoms with Crippen molar-refractivity contribution in [3.63, 3.8) is 0 Å². The molecule has 152 valence electrons. The zero-order chi connectivity index (χ0) is 20.8. The fraction of sp³-hybridized carbons (Fsp3) is 0.263. The third-order valence-electron chi connectivity index (χ3n) is 4.98. The van der Waals surface area contributed by atoms with Gasteiger partial charge in [-0.2, -0.15) is 0 Å². The SMILES string of the molecule is C[C@@]1(c2ccc3c(c2)OCO3)NC(=O)N(CCS(=O)(=O)c2ccc(Br)cc2)C1=O. The van der Waals surface area contributed by atoms with Gasteiger partial charge in [0.05, 0.1) is 10.6 Å². The van der Waals surface area contributed by atoms with Crippen LogP contribution in [0.2, 0.25) is 0 Å². The number of hydrogen-bond donors (Lipinski definition) is 1. The van der Waals surface area contributed by atoms with Crippen LogP contribution in [0.15, 0.2) is 51.8 Å². The van der Waals surface area contributed by atoms with E-state index in [2.05, 4.69) is 21.2 Å². The fourth-order valence-electron chi connectivity index (χ4n) is 3.27. The highest BCUT2D eigenvalue weighted by atomic mass is 79.9. The van der Waals surface area contributed by atoms with E-state index in [-0.39, 0.29) is 24.0 Å². The minimum absolute atomic E-state index is 0.0931. The molecule has 1 N–H and O–H groups in total. The Labute approximate surface area is 175 Å². The molecule has 1 atom stereocenters. The average molecular weight is 481 g/mol. The summed E-state index contributed by atoms with van der Waals surface area (Å²) in [6.45, 7) is 1.42. The third-order valence-corrected chi connectivity index (χ3v) is 7.22. The molecule has 1 fully saturated rings. The van der Waals surface area contributed by atoms with Crippen LogP contribution in [-0.4, -0.2) is 44.3 Å². The third kappa shape index (κ3) is 3.46. The Hall–Kier alpha value is -2.59. The van der Waals surface area contributed by atoms with E-state index >= 15 is 0 Å². The van der Waals surface area contributed by atoms with Crippen molar-refractivity contribution < 1.29 is 27.5 Å². The maximum atomic E-state index is 13.0. The zero-order valence-electron chi connectivity index (χ0n) is 15.3. The molecule has 1 saturated heterocycles. The molecule has 0 bridgehead atoms. The van der Waals surface area contributed by atoms with Gasteiger partial charge in [-0.1, -0.05) is 22.0 Å². The normalized spacial score (nSPS) is 20.8. The molecule has 8 nitrogen and oxygen atoms in total. The lowest BCUT2D eigenvalue weighted by molar-refractivity contribution is -0.130. The second-order valence-electron chi connectivity index (χ2n) is 6.85. The average Bonchev–Trinajstić information content (AvgIpc) is 3.23. The molecule has 2 aromatic rings. The molecule has 0 aromatic heterocycles. The van der Waals surface area contributed by atoms with Crippen LogP contribution >= 0.6 is 15.9 Å². The summed E-state index contributed by atoms with van der Waals surface area (Å²) < 4.78 is 36.5. The van der Waals surface area contributed by atoms with Crippen LogP contribution in [0.5, 0.6) is 11.5 Å². The van der Waals surface area contributed by atoms with E-state index in [1.54, 1.807) is 37.3 Å². The summed E-state index contributed by atoms with van der Waals surface area (Å²) in [5, 5.41) is 2.66. The van der Waals surface area contributed by atoms with E-state index < -0.39 is 27.3 Å². The van der Waals surface area contributed by atoms with E-state index in [4.69, 9.17) is 9.47 Å². The number of carbonyl (C=O) groups excluding carboxylic acids is 2. The quantitative estimate of drug-likeness (QED) is 0.659. The molecular weight excluding hydrogens is 464 g/mol. The number of halogens is 1. The first kappa shape index (κ1) is 19.7. The van der Waals surface area contributed by atoms with E-state index in [9.17, 15) is 18.0 Å². The van der Waals surface area contributed by atoms with Gasteiger partial charge >= 0.3 is 6.03 Å². The summed E-state index contributed by atoms with van der Waals surface area (Å²) in [6.07, 6.45) is 0. The number of carbonyl (C=O) groups is 2. The van der Waals surface area contributed by atoms with E-state index in [1.165, 1.54) is 12.1 Å². The maximum Gasteiger partial charge on any atom is 0.325 e. The predicted octanol–water partition coefficient (Wildman–Crippen LogP) is 2.42. The highest BCUT2D eigenvalue weighted by Gasteiger charge is 2.49. The lowest BCUT2D eigenvalue weighted by atomic mass is 9.91. The first-order valence-electron chi connectivity index (χ1n) is 8.73. The van der Waals surface area contributed by atoms with Crippen molar-refractivity contribution in [1.29, 1.82) is 0 Å². The Morgan fingerprint density at radius 2 is 1.79 bits per heavy atom. The van der Waals surface area contributed by atoms with Crippen LogP contribution in [0, 0.1) is 0 Å². The highest BCUT2D eigenvalue weighted by molar-refractivity contribution is 9.10. The number of ether oxygens (including phenoxy) is 2. The van der Waals surface area contributed by atoms with Crippen molar-refractivity contribution in [1.82, 2.24) is 10.2 Å². The molecule has 2 aromatic carbocycles. The summed E-state index contributed by atoms with van der Waals surface area (Å²) in [4.78, 5) is 26.5. The van der Waals surface area contributed by atoms with Crippen LogP contribution in [0.1, 0.15) is 12.5 Å². The smallest absolute Gasteiger partial charge is 0.325 e. The molecule has 0 saturated carbocycles. The molecule has 0 radical (unpaired) electrons. The van der Waals surface area contributed by atoms with Gasteiger partial charge in [-0.05, 0) is 48.9 Å². The minimum atomic E-state index is -3.65. The maximum absolute atomic E-state index is 13.0. The molecular formula is C19H17BrN2O6S. The molecule has 10 heteroatoms. The molecule has 2 heterocycles. The van der Waals surface area contributed by atoms with Gasteiger partial charge in [0, 0.05) is 11.0 Å². The Bertz CT molecular complexity index is 1100. The van der Waals surface area contributed by atoms with Gasteiger partial charge in [0.15, 0.2) is 21.3 Å². The van der Waals surface area contributed by atoms with Crippen LogP contribution < -0.4 is 14.8 Å². The van der Waals surface area contributed by atoms with E-state index in [0.717, 1.165) is 9.37 Å². The Kier molecular flexibility index (Phi) is 4.78. The predicted molar refractivity (Wildman–Crippen MR) is 106 cm³/mol. The molecule has 2 aliphatic rings. The van der Waals surface area contributed by atoms with Crippen molar-refractivity contribution >= 4 is 37.7 Å². The number of imide groups is 1. The standard InChI is InChI=1S/C19H17BrN2O6S/c1-19(12-2-7-15-16(10-12)28-11-27-15)17(23)22(18(24)21-19)8-9-29(25,26)14-5-3-13(20)4-6-14/h2-7,10H,8-9,11H2,1H3,(H,21,24)/t19-/m0/s1. The number of nitrogens with one attached hydrogen (secondary N) is 1. The molecule has 2 aliphatic heterocycles. The van der Waals surface area contributed by atoms with Gasteiger partial charge in [-0.15, -0.1) is 0 Å². The van der Waals surface area contributed by atoms with Crippen LogP contribution in [0.25, 0.3) is 0 Å². The highest BCUT2D eigenvalue weighted by Crippen LogP contribution is 2.37. The van der Waals surface area contributed by atoms with Crippen LogP contribution in [0.4, 0.5) is 4.79 Å². The number of amides is 3. The van der Waals surface area contributed by atoms with Crippen molar-refractivity contribution in [2.75, 3.05) is 19.1 Å². The number of rotatable bonds is 5. The topological polar surface area (TPSA) is 102 Å². The second-order valence-corrected chi connectivity index (χ2v) is 9.88. The number of urea groups is 1. The number of hydrogen-bond acceptors (Lipinski definition) is 6. The van der Waals surface area contributed by atoms with E-state index in [1.807, 2.05) is 0 Å². The van der Waals surface area contributed by atoms with Crippen molar-refractivity contribution in [3.8, 4) is 11.5 Å². The summed E-state index contributed by atoms with van der Waals surface area (Å²) in [7, 11) is -3.65. The summed E-state index contributed by atoms with van der Waals surface area (Å²) in [6, 6.07) is 10.5. The molecule has 0 unspecified atom stereocenters. The molecule has 3 amide bonds. The number of nitrogens with zero attached hydrogens (tertiary/aromatic N) is 1. The van der Waals surface area contributed by atoms with Crippen molar-refractivity contribution in [2.45, 2.75) is 17.4 Å². The Morgan fingerprint density at radius 3 is 2.52 bits per heavy atom. The number of benzene rings is 2. The lowest BCUT2D eigenvalue weighted by Crippen LogP contribution is -2.41. The van der Waals surface area contributed by atoms with Crippen molar-refractivity contribution in [3.05, 3.63) is 52.5 Å². The van der Waals surface area contributed by atoms with Gasteiger partial charge < -0.3 is 14.8 Å². The summed E-state index contributed by atoms with van der Waals surface area (Å²) in [5.41, 5.74) is -0.794. The lowest BCUT2D eigenvalue weighted by Gasteiger charge is -2.22. The summed E-state index contributed by atoms with van der Waals surface area (Å²) in [5.74, 6) is 0.159. The van der Waals surface area contributed by atoms with Crippen molar-refractivity contribution in [2.24, 2.45) is 0 Å².